The summed E-state index contributed by atoms with van der Waals surface area (Å²) < 4.78 is 5.15. The minimum absolute atomic E-state index is 0.102. The second-order valence-electron chi connectivity index (χ2n) is 3.92. The summed E-state index contributed by atoms with van der Waals surface area (Å²) in [6.45, 7) is 12.1. The van der Waals surface area contributed by atoms with Gasteiger partial charge in [0.15, 0.2) is 0 Å². The van der Waals surface area contributed by atoms with E-state index >= 15 is 0 Å². The van der Waals surface area contributed by atoms with E-state index in [1.807, 2.05) is 6.92 Å². The van der Waals surface area contributed by atoms with Crippen molar-refractivity contribution in [2.75, 3.05) is 6.54 Å². The molecule has 0 aliphatic rings. The van der Waals surface area contributed by atoms with Gasteiger partial charge in [-0.2, -0.15) is 0 Å². The van der Waals surface area contributed by atoms with Crippen LogP contribution in [0.4, 0.5) is 0 Å². The molecule has 0 saturated carbocycles. The smallest absolute Gasteiger partial charge is 0.333 e. The summed E-state index contributed by atoms with van der Waals surface area (Å²) in [6, 6.07) is 0.510. The number of hydrogen-bond donors (Lipinski definition) is 1. The van der Waals surface area contributed by atoms with Crippen LogP contribution >= 0.6 is 0 Å². The molecule has 0 aromatic heterocycles. The van der Waals surface area contributed by atoms with Gasteiger partial charge in [0.2, 0.25) is 0 Å². The van der Waals surface area contributed by atoms with E-state index in [4.69, 9.17) is 4.74 Å². The molecule has 88 valence electrons. The Morgan fingerprint density at radius 3 is 2.33 bits per heavy atom. The number of ether oxygens (including phenoxy) is 1. The Hall–Kier alpha value is -0.830. The number of nitrogens with one attached hydrogen (secondary N) is 1. The average Bonchev–Trinajstić information content (AvgIpc) is 2.19. The Bertz CT molecular complexity index is 210. The lowest BCUT2D eigenvalue weighted by Crippen LogP contribution is -2.35. The van der Waals surface area contributed by atoms with Gasteiger partial charge in [-0.3, -0.25) is 0 Å². The van der Waals surface area contributed by atoms with Crippen molar-refractivity contribution in [3.63, 3.8) is 0 Å². The fraction of sp³-hybridized carbons (Fsp3) is 0.750. The Morgan fingerprint density at radius 1 is 1.40 bits per heavy atom. The van der Waals surface area contributed by atoms with Gasteiger partial charge in [0.05, 0.1) is 0 Å². The van der Waals surface area contributed by atoms with E-state index in [0.717, 1.165) is 12.8 Å². The van der Waals surface area contributed by atoms with Crippen LogP contribution in [-0.2, 0) is 9.53 Å². The molecule has 0 rings (SSSR count). The SMILES string of the molecule is C=C(C)C(=O)OC(C)CNC(CC)CC. The summed E-state index contributed by atoms with van der Waals surface area (Å²) in [4.78, 5) is 11.2. The normalized spacial score (nSPS) is 12.6. The van der Waals surface area contributed by atoms with Gasteiger partial charge < -0.3 is 10.1 Å². The molecule has 0 fully saturated rings. The quantitative estimate of drug-likeness (QED) is 0.521. The number of carbonyl (C=O) groups is 1. The molecule has 3 nitrogen and oxygen atoms in total. The van der Waals surface area contributed by atoms with Crippen LogP contribution in [0.1, 0.15) is 40.5 Å². The van der Waals surface area contributed by atoms with Crippen molar-refractivity contribution in [1.82, 2.24) is 5.32 Å². The summed E-state index contributed by atoms with van der Waals surface area (Å²) in [5, 5.41) is 3.36. The number of rotatable bonds is 7. The highest BCUT2D eigenvalue weighted by Gasteiger charge is 2.11. The summed E-state index contributed by atoms with van der Waals surface area (Å²) >= 11 is 0. The molecule has 0 aromatic carbocycles. The van der Waals surface area contributed by atoms with Crippen molar-refractivity contribution in [1.29, 1.82) is 0 Å². The van der Waals surface area contributed by atoms with Crippen LogP contribution in [0.5, 0.6) is 0 Å². The maximum absolute atomic E-state index is 11.2. The molecule has 0 saturated heterocycles. The number of carbonyl (C=O) groups excluding carboxylic acids is 1. The molecule has 0 heterocycles. The van der Waals surface area contributed by atoms with Crippen LogP contribution in [0, 0.1) is 0 Å². The van der Waals surface area contributed by atoms with Gasteiger partial charge in [-0.05, 0) is 26.7 Å². The summed E-state index contributed by atoms with van der Waals surface area (Å²) in [6.07, 6.45) is 2.09. The molecule has 0 spiro atoms. The van der Waals surface area contributed by atoms with Gasteiger partial charge in [-0.1, -0.05) is 20.4 Å². The Kier molecular flexibility index (Phi) is 7.05. The minimum Gasteiger partial charge on any atom is -0.458 e. The third kappa shape index (κ3) is 6.28. The molecule has 0 aromatic rings. The van der Waals surface area contributed by atoms with Crippen LogP contribution in [0.2, 0.25) is 0 Å². The van der Waals surface area contributed by atoms with E-state index in [0.29, 0.717) is 18.2 Å². The van der Waals surface area contributed by atoms with Crippen LogP contribution < -0.4 is 5.32 Å². The van der Waals surface area contributed by atoms with Gasteiger partial charge in [0.1, 0.15) is 6.10 Å². The predicted molar refractivity (Wildman–Crippen MR) is 62.7 cm³/mol. The highest BCUT2D eigenvalue weighted by molar-refractivity contribution is 5.87. The third-order valence-electron chi connectivity index (χ3n) is 2.34. The lowest BCUT2D eigenvalue weighted by atomic mass is 10.1. The molecular formula is C12H23NO2. The zero-order valence-corrected chi connectivity index (χ0v) is 10.3. The van der Waals surface area contributed by atoms with Gasteiger partial charge in [0, 0.05) is 18.2 Å². The first-order valence-electron chi connectivity index (χ1n) is 5.61. The molecule has 0 aliphatic carbocycles. The second kappa shape index (κ2) is 7.46. The van der Waals surface area contributed by atoms with E-state index in [2.05, 4.69) is 25.7 Å². The predicted octanol–water partition coefficient (Wildman–Crippen LogP) is 2.27. The van der Waals surface area contributed by atoms with Crippen molar-refractivity contribution in [2.24, 2.45) is 0 Å². The molecule has 1 N–H and O–H groups in total. The molecule has 1 unspecified atom stereocenters. The lowest BCUT2D eigenvalue weighted by Gasteiger charge is -2.19. The zero-order chi connectivity index (χ0) is 11.8. The average molecular weight is 213 g/mol. The van der Waals surface area contributed by atoms with Crippen LogP contribution in [0.15, 0.2) is 12.2 Å². The minimum atomic E-state index is -0.311. The van der Waals surface area contributed by atoms with Gasteiger partial charge in [-0.15, -0.1) is 0 Å². The molecule has 0 aliphatic heterocycles. The molecule has 0 bridgehead atoms. The highest BCUT2D eigenvalue weighted by Crippen LogP contribution is 2.00. The van der Waals surface area contributed by atoms with Gasteiger partial charge in [0.25, 0.3) is 0 Å². The van der Waals surface area contributed by atoms with Crippen molar-refractivity contribution in [2.45, 2.75) is 52.7 Å². The van der Waals surface area contributed by atoms with E-state index in [-0.39, 0.29) is 12.1 Å². The van der Waals surface area contributed by atoms with E-state index < -0.39 is 0 Å². The number of esters is 1. The van der Waals surface area contributed by atoms with Crippen molar-refractivity contribution in [3.05, 3.63) is 12.2 Å². The van der Waals surface area contributed by atoms with Crippen molar-refractivity contribution >= 4 is 5.97 Å². The first-order valence-corrected chi connectivity index (χ1v) is 5.61. The molecule has 15 heavy (non-hydrogen) atoms. The summed E-state index contributed by atoms with van der Waals surface area (Å²) in [5.41, 5.74) is 0.449. The monoisotopic (exact) mass is 213 g/mol. The highest BCUT2D eigenvalue weighted by atomic mass is 16.5. The Morgan fingerprint density at radius 2 is 1.93 bits per heavy atom. The van der Waals surface area contributed by atoms with E-state index in [1.54, 1.807) is 6.92 Å². The first kappa shape index (κ1) is 14.2. The maximum atomic E-state index is 11.2. The maximum Gasteiger partial charge on any atom is 0.333 e. The Labute approximate surface area is 92.9 Å². The zero-order valence-electron chi connectivity index (χ0n) is 10.3. The van der Waals surface area contributed by atoms with Crippen molar-refractivity contribution < 1.29 is 9.53 Å². The molecule has 1 atom stereocenters. The van der Waals surface area contributed by atoms with Crippen LogP contribution in [-0.4, -0.2) is 24.7 Å². The largest absolute Gasteiger partial charge is 0.458 e. The number of hydrogen-bond acceptors (Lipinski definition) is 3. The summed E-state index contributed by atoms with van der Waals surface area (Å²) in [7, 11) is 0. The second-order valence-corrected chi connectivity index (χ2v) is 3.92. The van der Waals surface area contributed by atoms with E-state index in [9.17, 15) is 4.79 Å². The molecule has 3 heteroatoms. The Balaban J connectivity index is 3.79. The fourth-order valence-electron chi connectivity index (χ4n) is 1.23. The van der Waals surface area contributed by atoms with Crippen molar-refractivity contribution in [3.8, 4) is 0 Å². The van der Waals surface area contributed by atoms with Gasteiger partial charge >= 0.3 is 5.97 Å². The molecule has 0 radical (unpaired) electrons. The van der Waals surface area contributed by atoms with Crippen LogP contribution in [0.25, 0.3) is 0 Å². The molecule has 0 amide bonds. The lowest BCUT2D eigenvalue weighted by molar-refractivity contribution is -0.143. The third-order valence-corrected chi connectivity index (χ3v) is 2.34. The van der Waals surface area contributed by atoms with Gasteiger partial charge in [-0.25, -0.2) is 4.79 Å². The standard InChI is InChI=1S/C12H23NO2/c1-6-11(7-2)13-8-10(5)15-12(14)9(3)4/h10-11,13H,3,6-8H2,1-2,4-5H3. The summed E-state index contributed by atoms with van der Waals surface area (Å²) in [5.74, 6) is -0.311. The molecular weight excluding hydrogens is 190 g/mol. The first-order chi connectivity index (χ1) is 7.01. The fourth-order valence-corrected chi connectivity index (χ4v) is 1.23. The topological polar surface area (TPSA) is 38.3 Å². The van der Waals surface area contributed by atoms with E-state index in [1.165, 1.54) is 0 Å². The van der Waals surface area contributed by atoms with Crippen LogP contribution in [0.3, 0.4) is 0 Å².